The second-order valence-corrected chi connectivity index (χ2v) is 7.25. The maximum Gasteiger partial charge on any atom is 0.237 e. The predicted molar refractivity (Wildman–Crippen MR) is 66.6 cm³/mol. The Hall–Kier alpha value is -1.21. The first-order chi connectivity index (χ1) is 8.70. The summed E-state index contributed by atoms with van der Waals surface area (Å²) in [6, 6.07) is 2.00. The third-order valence-electron chi connectivity index (χ3n) is 3.07. The summed E-state index contributed by atoms with van der Waals surface area (Å²) >= 11 is 0. The molecule has 1 unspecified atom stereocenters. The van der Waals surface area contributed by atoms with Gasteiger partial charge in [-0.1, -0.05) is 0 Å². The molecular formula is C11H10ClF2NO3S. The Balaban J connectivity index is 2.36. The zero-order chi connectivity index (χ0) is 14.4. The number of amides is 1. The zero-order valence-corrected chi connectivity index (χ0v) is 11.4. The number of benzene rings is 1. The van der Waals surface area contributed by atoms with Crippen LogP contribution in [-0.4, -0.2) is 26.1 Å². The van der Waals surface area contributed by atoms with Gasteiger partial charge in [-0.3, -0.25) is 4.79 Å². The largest absolute Gasteiger partial charge is 0.311 e. The topological polar surface area (TPSA) is 54.5 Å². The van der Waals surface area contributed by atoms with Gasteiger partial charge in [0.15, 0.2) is 0 Å². The van der Waals surface area contributed by atoms with Crippen LogP contribution in [0.15, 0.2) is 12.1 Å². The van der Waals surface area contributed by atoms with Gasteiger partial charge in [-0.05, 0) is 19.1 Å². The van der Waals surface area contributed by atoms with E-state index in [4.69, 9.17) is 10.7 Å². The van der Waals surface area contributed by atoms with E-state index in [0.29, 0.717) is 0 Å². The minimum Gasteiger partial charge on any atom is -0.311 e. The number of anilines is 1. The highest BCUT2D eigenvalue weighted by Crippen LogP contribution is 2.28. The molecule has 4 nitrogen and oxygen atoms in total. The molecule has 1 fully saturated rings. The molecule has 1 amide bonds. The molecule has 1 heterocycles. The molecule has 2 rings (SSSR count). The second-order valence-electron chi connectivity index (χ2n) is 4.34. The van der Waals surface area contributed by atoms with Crippen molar-refractivity contribution in [3.05, 3.63) is 29.3 Å². The van der Waals surface area contributed by atoms with E-state index in [0.717, 1.165) is 17.0 Å². The third kappa shape index (κ3) is 2.71. The lowest BCUT2D eigenvalue weighted by atomic mass is 10.2. The van der Waals surface area contributed by atoms with Crippen molar-refractivity contribution in [2.75, 3.05) is 11.4 Å². The number of carbonyl (C=O) groups excluding carboxylic acids is 1. The molecule has 1 aromatic rings. The molecule has 0 aliphatic carbocycles. The van der Waals surface area contributed by atoms with E-state index in [-0.39, 0.29) is 24.2 Å². The van der Waals surface area contributed by atoms with E-state index in [2.05, 4.69) is 0 Å². The summed E-state index contributed by atoms with van der Waals surface area (Å²) in [6.45, 7) is 1.07. The molecule has 1 saturated heterocycles. The van der Waals surface area contributed by atoms with Gasteiger partial charge in [0, 0.05) is 34.9 Å². The van der Waals surface area contributed by atoms with Crippen LogP contribution in [0.3, 0.4) is 0 Å². The molecule has 1 aromatic carbocycles. The highest BCUT2D eigenvalue weighted by atomic mass is 35.7. The van der Waals surface area contributed by atoms with E-state index in [9.17, 15) is 22.0 Å². The van der Waals surface area contributed by atoms with Crippen molar-refractivity contribution in [1.29, 1.82) is 0 Å². The SMILES string of the molecule is Cc1c(F)cc(N2CC(S(=O)(=O)Cl)CC2=O)cc1F. The number of rotatable bonds is 2. The normalized spacial score (nSPS) is 20.1. The van der Waals surface area contributed by atoms with Crippen molar-refractivity contribution < 1.29 is 22.0 Å². The highest BCUT2D eigenvalue weighted by molar-refractivity contribution is 8.14. The first kappa shape index (κ1) is 14.2. The molecule has 1 atom stereocenters. The maximum atomic E-state index is 13.4. The van der Waals surface area contributed by atoms with Crippen LogP contribution in [0, 0.1) is 18.6 Å². The summed E-state index contributed by atoms with van der Waals surface area (Å²) in [5.74, 6) is -2.11. The Morgan fingerprint density at radius 1 is 1.32 bits per heavy atom. The third-order valence-corrected chi connectivity index (χ3v) is 4.93. The fourth-order valence-electron chi connectivity index (χ4n) is 1.90. The Kier molecular flexibility index (Phi) is 3.53. The van der Waals surface area contributed by atoms with Gasteiger partial charge in [-0.25, -0.2) is 17.2 Å². The molecule has 104 valence electrons. The van der Waals surface area contributed by atoms with E-state index in [1.165, 1.54) is 6.92 Å². The van der Waals surface area contributed by atoms with Gasteiger partial charge in [0.1, 0.15) is 16.9 Å². The predicted octanol–water partition coefficient (Wildman–Crippen LogP) is 1.95. The Morgan fingerprint density at radius 3 is 2.26 bits per heavy atom. The van der Waals surface area contributed by atoms with Crippen LogP contribution < -0.4 is 4.90 Å². The smallest absolute Gasteiger partial charge is 0.237 e. The minimum absolute atomic E-state index is 0.00610. The summed E-state index contributed by atoms with van der Waals surface area (Å²) < 4.78 is 49.2. The fraction of sp³-hybridized carbons (Fsp3) is 0.364. The molecule has 8 heteroatoms. The number of hydrogen-bond donors (Lipinski definition) is 0. The van der Waals surface area contributed by atoms with Crippen molar-refractivity contribution in [1.82, 2.24) is 0 Å². The van der Waals surface area contributed by atoms with Crippen molar-refractivity contribution in [3.63, 3.8) is 0 Å². The molecular weight excluding hydrogens is 300 g/mol. The first-order valence-electron chi connectivity index (χ1n) is 5.39. The van der Waals surface area contributed by atoms with Crippen molar-refractivity contribution >= 4 is 31.3 Å². The van der Waals surface area contributed by atoms with Crippen LogP contribution >= 0.6 is 10.7 Å². The van der Waals surface area contributed by atoms with Crippen molar-refractivity contribution in [2.24, 2.45) is 0 Å². The highest BCUT2D eigenvalue weighted by Gasteiger charge is 2.38. The molecule has 0 saturated carbocycles. The average molecular weight is 310 g/mol. The molecule has 0 radical (unpaired) electrons. The van der Waals surface area contributed by atoms with Gasteiger partial charge in [-0.15, -0.1) is 0 Å². The summed E-state index contributed by atoms with van der Waals surface area (Å²) in [5.41, 5.74) is -0.162. The number of halogens is 3. The van der Waals surface area contributed by atoms with Crippen molar-refractivity contribution in [2.45, 2.75) is 18.6 Å². The molecule has 0 N–H and O–H groups in total. The minimum atomic E-state index is -3.88. The van der Waals surface area contributed by atoms with Crippen LogP contribution in [0.1, 0.15) is 12.0 Å². The number of carbonyl (C=O) groups is 1. The quantitative estimate of drug-likeness (QED) is 0.785. The van der Waals surface area contributed by atoms with E-state index >= 15 is 0 Å². The standard InChI is InChI=1S/C11H10ClF2NO3S/c1-6-9(13)2-7(3-10(6)14)15-5-8(4-11(15)16)19(12,17)18/h2-3,8H,4-5H2,1H3. The van der Waals surface area contributed by atoms with E-state index in [1.807, 2.05) is 0 Å². The lowest BCUT2D eigenvalue weighted by Crippen LogP contribution is -2.27. The van der Waals surface area contributed by atoms with Crippen LogP contribution in [0.5, 0.6) is 0 Å². The van der Waals surface area contributed by atoms with Crippen LogP contribution in [-0.2, 0) is 13.8 Å². The molecule has 0 spiro atoms. The van der Waals surface area contributed by atoms with Gasteiger partial charge in [0.25, 0.3) is 0 Å². The average Bonchev–Trinajstić information content (AvgIpc) is 2.67. The molecule has 19 heavy (non-hydrogen) atoms. The lowest BCUT2D eigenvalue weighted by Gasteiger charge is -2.17. The summed E-state index contributed by atoms with van der Waals surface area (Å²) in [4.78, 5) is 12.7. The summed E-state index contributed by atoms with van der Waals surface area (Å²) in [6.07, 6.45) is -0.289. The van der Waals surface area contributed by atoms with Gasteiger partial charge in [0.05, 0.1) is 0 Å². The van der Waals surface area contributed by atoms with Crippen LogP contribution in [0.4, 0.5) is 14.5 Å². The second kappa shape index (κ2) is 4.72. The van der Waals surface area contributed by atoms with Gasteiger partial charge in [-0.2, -0.15) is 0 Å². The van der Waals surface area contributed by atoms with Crippen molar-refractivity contribution in [3.8, 4) is 0 Å². The lowest BCUT2D eigenvalue weighted by molar-refractivity contribution is -0.117. The van der Waals surface area contributed by atoms with Gasteiger partial charge >= 0.3 is 0 Å². The Morgan fingerprint density at radius 2 is 1.84 bits per heavy atom. The first-order valence-corrected chi connectivity index (χ1v) is 7.77. The maximum absolute atomic E-state index is 13.4. The van der Waals surface area contributed by atoms with Crippen LogP contribution in [0.2, 0.25) is 0 Å². The fourth-order valence-corrected chi connectivity index (χ4v) is 2.93. The molecule has 1 aliphatic heterocycles. The van der Waals surface area contributed by atoms with E-state index in [1.54, 1.807) is 0 Å². The summed E-state index contributed by atoms with van der Waals surface area (Å²) in [7, 11) is 1.31. The number of nitrogens with zero attached hydrogens (tertiary/aromatic N) is 1. The van der Waals surface area contributed by atoms with Gasteiger partial charge < -0.3 is 4.90 Å². The van der Waals surface area contributed by atoms with E-state index < -0.39 is 31.8 Å². The summed E-state index contributed by atoms with van der Waals surface area (Å²) in [5, 5.41) is -1.06. The molecule has 0 aromatic heterocycles. The number of hydrogen-bond acceptors (Lipinski definition) is 3. The molecule has 0 bridgehead atoms. The Labute approximate surface area is 113 Å². The molecule has 1 aliphatic rings. The Bertz CT molecular complexity index is 624. The monoisotopic (exact) mass is 309 g/mol. The van der Waals surface area contributed by atoms with Crippen LogP contribution in [0.25, 0.3) is 0 Å². The zero-order valence-electron chi connectivity index (χ0n) is 9.86. The van der Waals surface area contributed by atoms with Gasteiger partial charge in [0.2, 0.25) is 15.0 Å².